The van der Waals surface area contributed by atoms with Crippen molar-refractivity contribution in [1.82, 2.24) is 4.98 Å². The third-order valence-electron chi connectivity index (χ3n) is 0.985. The van der Waals surface area contributed by atoms with Crippen LogP contribution in [0.15, 0.2) is 10.5 Å². The molecule has 0 aliphatic rings. The van der Waals surface area contributed by atoms with Crippen LogP contribution in [0, 0.1) is 6.92 Å². The van der Waals surface area contributed by atoms with Crippen molar-refractivity contribution >= 4 is 17.6 Å². The van der Waals surface area contributed by atoms with Crippen LogP contribution in [0.4, 0.5) is 0 Å². The average molecular weight is 172 g/mol. The first-order valence-corrected chi connectivity index (χ1v) is 3.91. The lowest BCUT2D eigenvalue weighted by Crippen LogP contribution is -1.97. The van der Waals surface area contributed by atoms with Crippen molar-refractivity contribution in [2.45, 2.75) is 6.92 Å². The molecule has 60 valence electrons. The lowest BCUT2D eigenvalue weighted by Gasteiger charge is -1.93. The summed E-state index contributed by atoms with van der Waals surface area (Å²) in [5.41, 5.74) is 0. The molecule has 0 aliphatic heterocycles. The highest BCUT2D eigenvalue weighted by Crippen LogP contribution is 2.14. The van der Waals surface area contributed by atoms with Gasteiger partial charge in [-0.2, -0.15) is 0 Å². The fourth-order valence-electron chi connectivity index (χ4n) is 0.566. The van der Waals surface area contributed by atoms with E-state index in [2.05, 4.69) is 10.1 Å². The predicted molar refractivity (Wildman–Crippen MR) is 42.6 cm³/mol. The molecular formula is C6H8N2O2S. The highest BCUT2D eigenvalue weighted by molar-refractivity contribution is 7.09. The van der Waals surface area contributed by atoms with Gasteiger partial charge in [-0.3, -0.25) is 0 Å². The molecule has 1 aromatic rings. The van der Waals surface area contributed by atoms with Crippen LogP contribution in [0.2, 0.25) is 0 Å². The summed E-state index contributed by atoms with van der Waals surface area (Å²) >= 11 is 1.52. The van der Waals surface area contributed by atoms with E-state index < -0.39 is 0 Å². The Kier molecular flexibility index (Phi) is 2.85. The second-order valence-electron chi connectivity index (χ2n) is 1.81. The van der Waals surface area contributed by atoms with Crippen LogP contribution in [-0.4, -0.2) is 23.0 Å². The summed E-state index contributed by atoms with van der Waals surface area (Å²) in [6.45, 7) is 2.15. The van der Waals surface area contributed by atoms with Crippen LogP contribution in [0.5, 0.6) is 5.88 Å². The zero-order valence-corrected chi connectivity index (χ0v) is 6.84. The molecule has 0 amide bonds. The third kappa shape index (κ3) is 2.55. The molecule has 0 atom stereocenters. The summed E-state index contributed by atoms with van der Waals surface area (Å²) < 4.78 is 5.06. The Morgan fingerprint density at radius 2 is 2.73 bits per heavy atom. The molecule has 1 N–H and O–H groups in total. The van der Waals surface area contributed by atoms with E-state index in [-0.39, 0.29) is 6.61 Å². The summed E-state index contributed by atoms with van der Waals surface area (Å²) in [6, 6.07) is 0. The van der Waals surface area contributed by atoms with Gasteiger partial charge < -0.3 is 9.94 Å². The first-order chi connectivity index (χ1) is 5.33. The second-order valence-corrected chi connectivity index (χ2v) is 2.88. The van der Waals surface area contributed by atoms with E-state index in [1.54, 1.807) is 5.38 Å². The molecule has 11 heavy (non-hydrogen) atoms. The van der Waals surface area contributed by atoms with Crippen molar-refractivity contribution < 1.29 is 9.94 Å². The van der Waals surface area contributed by atoms with Gasteiger partial charge in [-0.25, -0.2) is 4.98 Å². The molecule has 0 bridgehead atoms. The van der Waals surface area contributed by atoms with E-state index in [9.17, 15) is 0 Å². The molecule has 1 heterocycles. The lowest BCUT2D eigenvalue weighted by atomic mass is 10.7. The van der Waals surface area contributed by atoms with E-state index in [0.29, 0.717) is 5.88 Å². The van der Waals surface area contributed by atoms with Gasteiger partial charge in [0.1, 0.15) is 6.61 Å². The summed E-state index contributed by atoms with van der Waals surface area (Å²) in [6.07, 6.45) is 1.26. The summed E-state index contributed by atoms with van der Waals surface area (Å²) in [7, 11) is 0. The molecule has 0 saturated carbocycles. The zero-order valence-electron chi connectivity index (χ0n) is 6.02. The van der Waals surface area contributed by atoms with Gasteiger partial charge in [0, 0.05) is 0 Å². The van der Waals surface area contributed by atoms with Crippen molar-refractivity contribution in [3.8, 4) is 5.88 Å². The second kappa shape index (κ2) is 3.92. The molecule has 5 heteroatoms. The Hall–Kier alpha value is -1.10. The van der Waals surface area contributed by atoms with Gasteiger partial charge in [0.25, 0.3) is 0 Å². The van der Waals surface area contributed by atoms with Crippen molar-refractivity contribution in [2.75, 3.05) is 6.61 Å². The fourth-order valence-corrected chi connectivity index (χ4v) is 1.10. The normalized spacial score (nSPS) is 10.6. The minimum absolute atomic E-state index is 0.250. The highest BCUT2D eigenvalue weighted by atomic mass is 32.1. The minimum atomic E-state index is 0.250. The van der Waals surface area contributed by atoms with Gasteiger partial charge in [0.05, 0.1) is 16.6 Å². The van der Waals surface area contributed by atoms with Crippen LogP contribution in [0.1, 0.15) is 5.01 Å². The maximum atomic E-state index is 8.02. The molecule has 0 unspecified atom stereocenters. The SMILES string of the molecule is Cc1nc(OCC=NO)cs1. The maximum Gasteiger partial charge on any atom is 0.224 e. The van der Waals surface area contributed by atoms with Crippen LogP contribution in [0.25, 0.3) is 0 Å². The fraction of sp³-hybridized carbons (Fsp3) is 0.333. The number of hydrogen-bond acceptors (Lipinski definition) is 5. The maximum absolute atomic E-state index is 8.02. The standard InChI is InChI=1S/C6H8N2O2S/c1-5-8-6(4-11-5)10-3-2-7-9/h2,4,9H,3H2,1H3. The first-order valence-electron chi connectivity index (χ1n) is 3.03. The van der Waals surface area contributed by atoms with Crippen LogP contribution in [-0.2, 0) is 0 Å². The average Bonchev–Trinajstić information content (AvgIpc) is 2.37. The number of nitrogens with zero attached hydrogens (tertiary/aromatic N) is 2. The van der Waals surface area contributed by atoms with Gasteiger partial charge in [0.2, 0.25) is 5.88 Å². The van der Waals surface area contributed by atoms with E-state index in [4.69, 9.17) is 9.94 Å². The van der Waals surface area contributed by atoms with Gasteiger partial charge in [-0.15, -0.1) is 11.3 Å². The number of ether oxygens (including phenoxy) is 1. The van der Waals surface area contributed by atoms with Crippen molar-refractivity contribution in [3.63, 3.8) is 0 Å². The lowest BCUT2D eigenvalue weighted by molar-refractivity contribution is 0.310. The number of hydrogen-bond donors (Lipinski definition) is 1. The topological polar surface area (TPSA) is 54.7 Å². The van der Waals surface area contributed by atoms with Crippen LogP contribution < -0.4 is 4.74 Å². The van der Waals surface area contributed by atoms with Crippen LogP contribution >= 0.6 is 11.3 Å². The van der Waals surface area contributed by atoms with Gasteiger partial charge in [-0.1, -0.05) is 5.16 Å². The summed E-state index contributed by atoms with van der Waals surface area (Å²) in [5, 5.41) is 13.6. The Morgan fingerprint density at radius 1 is 1.91 bits per heavy atom. The largest absolute Gasteiger partial charge is 0.471 e. The number of aromatic nitrogens is 1. The van der Waals surface area contributed by atoms with Crippen molar-refractivity contribution in [1.29, 1.82) is 0 Å². The molecule has 0 fully saturated rings. The van der Waals surface area contributed by atoms with Crippen molar-refractivity contribution in [3.05, 3.63) is 10.4 Å². The first kappa shape index (κ1) is 8.00. The van der Waals surface area contributed by atoms with Gasteiger partial charge >= 0.3 is 0 Å². The van der Waals surface area contributed by atoms with Crippen molar-refractivity contribution in [2.24, 2.45) is 5.16 Å². The quantitative estimate of drug-likeness (QED) is 0.424. The zero-order chi connectivity index (χ0) is 8.10. The molecule has 0 radical (unpaired) electrons. The van der Waals surface area contributed by atoms with Crippen LogP contribution in [0.3, 0.4) is 0 Å². The minimum Gasteiger partial charge on any atom is -0.471 e. The number of thiazole rings is 1. The molecule has 1 rings (SSSR count). The third-order valence-corrected chi connectivity index (χ3v) is 1.74. The Balaban J connectivity index is 2.38. The molecule has 0 aromatic carbocycles. The highest BCUT2D eigenvalue weighted by Gasteiger charge is 1.95. The number of aryl methyl sites for hydroxylation is 1. The summed E-state index contributed by atoms with van der Waals surface area (Å²) in [4.78, 5) is 4.04. The van der Waals surface area contributed by atoms with Gasteiger partial charge in [-0.05, 0) is 6.92 Å². The Labute approximate surface area is 68.1 Å². The van der Waals surface area contributed by atoms with Gasteiger partial charge in [0.15, 0.2) is 0 Å². The number of rotatable bonds is 3. The molecular weight excluding hydrogens is 164 g/mol. The summed E-state index contributed by atoms with van der Waals surface area (Å²) in [5.74, 6) is 0.576. The molecule has 1 aromatic heterocycles. The van der Waals surface area contributed by atoms with E-state index in [1.165, 1.54) is 17.6 Å². The monoisotopic (exact) mass is 172 g/mol. The molecule has 4 nitrogen and oxygen atoms in total. The van der Waals surface area contributed by atoms with E-state index in [1.807, 2.05) is 6.92 Å². The Morgan fingerprint density at radius 3 is 3.27 bits per heavy atom. The molecule has 0 saturated heterocycles. The predicted octanol–water partition coefficient (Wildman–Crippen LogP) is 1.29. The smallest absolute Gasteiger partial charge is 0.224 e. The van der Waals surface area contributed by atoms with E-state index in [0.717, 1.165) is 5.01 Å². The van der Waals surface area contributed by atoms with E-state index >= 15 is 0 Å². The Bertz CT molecular complexity index is 246. The number of oxime groups is 1. The molecule has 0 spiro atoms. The molecule has 0 aliphatic carbocycles.